The summed E-state index contributed by atoms with van der Waals surface area (Å²) >= 11 is 0. The smallest absolute Gasteiger partial charge is 0.252 e. The van der Waals surface area contributed by atoms with Crippen molar-refractivity contribution in [2.45, 2.75) is 18.9 Å². The number of amides is 2. The molecule has 2 amide bonds. The van der Waals surface area contributed by atoms with E-state index in [2.05, 4.69) is 10.3 Å². The molecule has 0 spiro atoms. The Morgan fingerprint density at radius 2 is 2.30 bits per heavy atom. The molecular formula is C16H17N3O4. The predicted molar refractivity (Wildman–Crippen MR) is 83.5 cm³/mol. The molecule has 1 unspecified atom stereocenters. The number of hydrogen-bond donors (Lipinski definition) is 2. The van der Waals surface area contributed by atoms with Gasteiger partial charge in [0.05, 0.1) is 18.7 Å². The van der Waals surface area contributed by atoms with Crippen LogP contribution in [0.5, 0.6) is 11.6 Å². The molecule has 7 heteroatoms. The monoisotopic (exact) mass is 315 g/mol. The number of carbonyl (C=O) groups is 2. The summed E-state index contributed by atoms with van der Waals surface area (Å²) in [5.41, 5.74) is 5.67. The Kier molecular flexibility index (Phi) is 4.01. The van der Waals surface area contributed by atoms with E-state index in [-0.39, 0.29) is 11.9 Å². The summed E-state index contributed by atoms with van der Waals surface area (Å²) in [6.07, 6.45) is 2.87. The number of fused-ring (bicyclic) bond motifs is 1. The average molecular weight is 315 g/mol. The summed E-state index contributed by atoms with van der Waals surface area (Å²) < 4.78 is 11.0. The van der Waals surface area contributed by atoms with Crippen molar-refractivity contribution < 1.29 is 19.1 Å². The number of rotatable bonds is 5. The van der Waals surface area contributed by atoms with E-state index in [0.717, 1.165) is 17.2 Å². The van der Waals surface area contributed by atoms with Gasteiger partial charge in [-0.1, -0.05) is 0 Å². The number of pyridine rings is 1. The number of ether oxygens (including phenoxy) is 2. The van der Waals surface area contributed by atoms with Crippen LogP contribution < -0.4 is 20.5 Å². The molecule has 3 N–H and O–H groups in total. The Hall–Kier alpha value is -2.83. The first-order valence-corrected chi connectivity index (χ1v) is 7.27. The third-order valence-electron chi connectivity index (χ3n) is 3.82. The molecule has 0 saturated carbocycles. The maximum absolute atomic E-state index is 11.5. The number of methoxy groups -OCH3 is 1. The summed E-state index contributed by atoms with van der Waals surface area (Å²) in [5.74, 6) is 0.281. The molecular weight excluding hydrogens is 298 g/mol. The van der Waals surface area contributed by atoms with Crippen LogP contribution in [0.15, 0.2) is 24.4 Å². The molecule has 2 aromatic rings. The van der Waals surface area contributed by atoms with Crippen LogP contribution in [0.3, 0.4) is 0 Å². The maximum Gasteiger partial charge on any atom is 0.252 e. The number of nitrogens with zero attached hydrogens (tertiary/aromatic N) is 1. The van der Waals surface area contributed by atoms with Crippen LogP contribution in [-0.2, 0) is 4.79 Å². The Balaban J connectivity index is 1.91. The van der Waals surface area contributed by atoms with Crippen LogP contribution in [0.2, 0.25) is 0 Å². The topological polar surface area (TPSA) is 104 Å². The van der Waals surface area contributed by atoms with Crippen molar-refractivity contribution in [2.75, 3.05) is 13.7 Å². The molecule has 0 aliphatic carbocycles. The van der Waals surface area contributed by atoms with Gasteiger partial charge in [-0.05, 0) is 30.0 Å². The first-order chi connectivity index (χ1) is 11.1. The molecule has 7 nitrogen and oxygen atoms in total. The van der Waals surface area contributed by atoms with E-state index in [9.17, 15) is 9.59 Å². The van der Waals surface area contributed by atoms with E-state index in [1.807, 2.05) is 0 Å². The molecule has 1 aromatic carbocycles. The van der Waals surface area contributed by atoms with E-state index in [0.29, 0.717) is 30.2 Å². The third-order valence-corrected chi connectivity index (χ3v) is 3.82. The van der Waals surface area contributed by atoms with Gasteiger partial charge in [0, 0.05) is 18.0 Å². The predicted octanol–water partition coefficient (Wildman–Crippen LogP) is 1.000. The highest BCUT2D eigenvalue weighted by molar-refractivity contribution is 6.01. The van der Waals surface area contributed by atoms with Gasteiger partial charge >= 0.3 is 0 Å². The quantitative estimate of drug-likeness (QED) is 0.856. The fourth-order valence-electron chi connectivity index (χ4n) is 2.63. The molecule has 1 atom stereocenters. The lowest BCUT2D eigenvalue weighted by Gasteiger charge is -2.14. The van der Waals surface area contributed by atoms with Crippen molar-refractivity contribution in [1.29, 1.82) is 0 Å². The van der Waals surface area contributed by atoms with Crippen molar-refractivity contribution in [1.82, 2.24) is 10.3 Å². The highest BCUT2D eigenvalue weighted by Crippen LogP contribution is 2.30. The van der Waals surface area contributed by atoms with Crippen molar-refractivity contribution in [2.24, 2.45) is 5.73 Å². The molecule has 1 aliphatic heterocycles. The molecule has 1 saturated heterocycles. The van der Waals surface area contributed by atoms with Gasteiger partial charge in [0.25, 0.3) is 5.91 Å². The standard InChI is InChI=1S/C16H17N3O4/c1-22-13-7-11-9(6-12(13)15(17)21)4-5-18-16(11)23-8-10-2-3-14(20)19-10/h4-7,10H,2-3,8H2,1H3,(H2,17,21)(H,19,20). The number of benzene rings is 1. The Morgan fingerprint density at radius 3 is 2.96 bits per heavy atom. The molecule has 3 rings (SSSR count). The van der Waals surface area contributed by atoms with Crippen LogP contribution in [0, 0.1) is 0 Å². The van der Waals surface area contributed by atoms with Gasteiger partial charge in [-0.15, -0.1) is 0 Å². The summed E-state index contributed by atoms with van der Waals surface area (Å²) in [6.45, 7) is 0.345. The summed E-state index contributed by atoms with van der Waals surface area (Å²) in [6, 6.07) is 5.10. The van der Waals surface area contributed by atoms with E-state index in [1.165, 1.54) is 7.11 Å². The lowest BCUT2D eigenvalue weighted by Crippen LogP contribution is -2.31. The zero-order chi connectivity index (χ0) is 16.4. The number of hydrogen-bond acceptors (Lipinski definition) is 5. The first kappa shape index (κ1) is 15.1. The van der Waals surface area contributed by atoms with Crippen molar-refractivity contribution in [3.8, 4) is 11.6 Å². The average Bonchev–Trinajstić information content (AvgIpc) is 2.96. The molecule has 2 heterocycles. The molecule has 1 aromatic heterocycles. The Morgan fingerprint density at radius 1 is 1.48 bits per heavy atom. The SMILES string of the molecule is COc1cc2c(OCC3CCC(=O)N3)nccc2cc1C(N)=O. The largest absolute Gasteiger partial charge is 0.496 e. The van der Waals surface area contributed by atoms with Gasteiger partial charge in [0.15, 0.2) is 0 Å². The highest BCUT2D eigenvalue weighted by Gasteiger charge is 2.22. The van der Waals surface area contributed by atoms with Crippen LogP contribution in [0.1, 0.15) is 23.2 Å². The van der Waals surface area contributed by atoms with Gasteiger partial charge < -0.3 is 20.5 Å². The Bertz CT molecular complexity index is 775. The van der Waals surface area contributed by atoms with E-state index < -0.39 is 5.91 Å². The van der Waals surface area contributed by atoms with E-state index in [1.54, 1.807) is 24.4 Å². The van der Waals surface area contributed by atoms with Gasteiger partial charge in [-0.25, -0.2) is 4.98 Å². The second kappa shape index (κ2) is 6.12. The zero-order valence-corrected chi connectivity index (χ0v) is 12.7. The second-order valence-corrected chi connectivity index (χ2v) is 5.37. The first-order valence-electron chi connectivity index (χ1n) is 7.27. The molecule has 23 heavy (non-hydrogen) atoms. The second-order valence-electron chi connectivity index (χ2n) is 5.37. The number of primary amides is 1. The lowest BCUT2D eigenvalue weighted by atomic mass is 10.1. The van der Waals surface area contributed by atoms with E-state index in [4.69, 9.17) is 15.2 Å². The van der Waals surface area contributed by atoms with Gasteiger partial charge in [-0.3, -0.25) is 9.59 Å². The van der Waals surface area contributed by atoms with Gasteiger partial charge in [-0.2, -0.15) is 0 Å². The number of carbonyl (C=O) groups excluding carboxylic acids is 2. The number of nitrogens with one attached hydrogen (secondary N) is 1. The molecule has 1 fully saturated rings. The number of aromatic nitrogens is 1. The van der Waals surface area contributed by atoms with Crippen molar-refractivity contribution >= 4 is 22.6 Å². The third kappa shape index (κ3) is 3.03. The maximum atomic E-state index is 11.5. The highest BCUT2D eigenvalue weighted by atomic mass is 16.5. The van der Waals surface area contributed by atoms with Gasteiger partial charge in [0.2, 0.25) is 11.8 Å². The van der Waals surface area contributed by atoms with Crippen LogP contribution in [0.4, 0.5) is 0 Å². The summed E-state index contributed by atoms with van der Waals surface area (Å²) in [4.78, 5) is 26.9. The van der Waals surface area contributed by atoms with Crippen LogP contribution in [0.25, 0.3) is 10.8 Å². The summed E-state index contributed by atoms with van der Waals surface area (Å²) in [7, 11) is 1.47. The van der Waals surface area contributed by atoms with Crippen LogP contribution in [-0.4, -0.2) is 36.6 Å². The number of nitrogens with two attached hydrogens (primary N) is 1. The van der Waals surface area contributed by atoms with Crippen molar-refractivity contribution in [3.05, 3.63) is 30.0 Å². The fraction of sp³-hybridized carbons (Fsp3) is 0.312. The van der Waals surface area contributed by atoms with E-state index >= 15 is 0 Å². The molecule has 1 aliphatic rings. The van der Waals surface area contributed by atoms with Crippen LogP contribution >= 0.6 is 0 Å². The lowest BCUT2D eigenvalue weighted by molar-refractivity contribution is -0.119. The fourth-order valence-corrected chi connectivity index (χ4v) is 2.63. The minimum atomic E-state index is -0.559. The molecule has 0 radical (unpaired) electrons. The molecule has 120 valence electrons. The minimum absolute atomic E-state index is 0.00801. The van der Waals surface area contributed by atoms with Gasteiger partial charge in [0.1, 0.15) is 12.4 Å². The Labute approximate surface area is 132 Å². The minimum Gasteiger partial charge on any atom is -0.496 e. The summed E-state index contributed by atoms with van der Waals surface area (Å²) in [5, 5.41) is 4.34. The zero-order valence-electron chi connectivity index (χ0n) is 12.7. The molecule has 0 bridgehead atoms. The normalized spacial score (nSPS) is 17.1. The van der Waals surface area contributed by atoms with Crippen molar-refractivity contribution in [3.63, 3.8) is 0 Å².